The summed E-state index contributed by atoms with van der Waals surface area (Å²) in [5.74, 6) is -1.03. The Morgan fingerprint density at radius 3 is 2.73 bits per heavy atom. The van der Waals surface area contributed by atoms with Crippen molar-refractivity contribution in [2.24, 2.45) is 0 Å². The van der Waals surface area contributed by atoms with Crippen molar-refractivity contribution in [3.05, 3.63) is 64.8 Å². The van der Waals surface area contributed by atoms with Crippen LogP contribution in [-0.2, 0) is 16.1 Å². The van der Waals surface area contributed by atoms with Gasteiger partial charge in [-0.15, -0.1) is 0 Å². The number of aromatic nitrogens is 1. The molecule has 132 valence electrons. The molecule has 3 rings (SSSR count). The summed E-state index contributed by atoms with van der Waals surface area (Å²) in [5, 5.41) is 10.4. The van der Waals surface area contributed by atoms with Crippen LogP contribution >= 0.6 is 24.0 Å². The molecule has 1 aromatic heterocycles. The highest BCUT2D eigenvalue weighted by Gasteiger charge is 2.31. The third-order valence-corrected chi connectivity index (χ3v) is 4.85. The number of rotatable bonds is 6. The molecule has 1 aliphatic rings. The van der Waals surface area contributed by atoms with E-state index in [-0.39, 0.29) is 5.91 Å². The van der Waals surface area contributed by atoms with E-state index in [0.717, 1.165) is 11.1 Å². The number of thioether (sulfide) groups is 1. The van der Waals surface area contributed by atoms with Crippen molar-refractivity contribution in [1.29, 1.82) is 0 Å². The maximum Gasteiger partial charge on any atom is 0.266 e. The van der Waals surface area contributed by atoms with Gasteiger partial charge in [0.05, 0.1) is 17.4 Å². The first kappa shape index (κ1) is 18.1. The number of carboxylic acid groups (broad SMARTS) is 1. The van der Waals surface area contributed by atoms with Gasteiger partial charge in [-0.2, -0.15) is 0 Å². The Labute approximate surface area is 159 Å². The van der Waals surface area contributed by atoms with Crippen molar-refractivity contribution in [3.63, 3.8) is 0 Å². The second-order valence-electron chi connectivity index (χ2n) is 5.36. The Balaban J connectivity index is 1.70. The minimum Gasteiger partial charge on any atom is -0.546 e. The second kappa shape index (κ2) is 8.11. The van der Waals surface area contributed by atoms with Gasteiger partial charge in [0.15, 0.2) is 0 Å². The van der Waals surface area contributed by atoms with Gasteiger partial charge in [-0.05, 0) is 35.4 Å². The van der Waals surface area contributed by atoms with Gasteiger partial charge in [0.2, 0.25) is 0 Å². The fourth-order valence-corrected chi connectivity index (χ4v) is 3.52. The van der Waals surface area contributed by atoms with Gasteiger partial charge in [-0.3, -0.25) is 14.7 Å². The van der Waals surface area contributed by atoms with Crippen LogP contribution < -0.4 is 9.84 Å². The topological polar surface area (TPSA) is 82.6 Å². The van der Waals surface area contributed by atoms with Gasteiger partial charge in [-0.25, -0.2) is 0 Å². The third kappa shape index (κ3) is 4.47. The summed E-state index contributed by atoms with van der Waals surface area (Å²) in [6.45, 7) is -0.127. The number of hydrogen-bond donors (Lipinski definition) is 0. The number of carbonyl (C=O) groups is 2. The SMILES string of the molecule is O=C([O-])COc1ccc(/C=C2\SC(=S)N(Cc3cccnc3)C2=O)cc1. The zero-order valence-electron chi connectivity index (χ0n) is 13.5. The Morgan fingerprint density at radius 1 is 1.31 bits per heavy atom. The van der Waals surface area contributed by atoms with Crippen LogP contribution in [0.2, 0.25) is 0 Å². The van der Waals surface area contributed by atoms with E-state index in [1.165, 1.54) is 11.8 Å². The van der Waals surface area contributed by atoms with E-state index in [4.69, 9.17) is 17.0 Å². The molecular weight excluding hydrogens is 372 g/mol. The molecule has 1 saturated heterocycles. The van der Waals surface area contributed by atoms with Crippen molar-refractivity contribution in [1.82, 2.24) is 9.88 Å². The normalized spacial score (nSPS) is 15.5. The van der Waals surface area contributed by atoms with E-state index < -0.39 is 12.6 Å². The van der Waals surface area contributed by atoms with Gasteiger partial charge in [-0.1, -0.05) is 42.2 Å². The predicted molar refractivity (Wildman–Crippen MR) is 99.9 cm³/mol. The fourth-order valence-electron chi connectivity index (χ4n) is 2.26. The molecule has 1 fully saturated rings. The molecule has 2 heterocycles. The van der Waals surface area contributed by atoms with Crippen molar-refractivity contribution in [2.75, 3.05) is 6.61 Å². The summed E-state index contributed by atoms with van der Waals surface area (Å²) in [6, 6.07) is 10.4. The summed E-state index contributed by atoms with van der Waals surface area (Å²) in [7, 11) is 0. The van der Waals surface area contributed by atoms with Crippen LogP contribution in [0.25, 0.3) is 6.08 Å². The number of ether oxygens (including phenoxy) is 1. The average molecular weight is 385 g/mol. The number of nitrogens with zero attached hydrogens (tertiary/aromatic N) is 2. The van der Waals surface area contributed by atoms with Gasteiger partial charge in [0.1, 0.15) is 16.7 Å². The van der Waals surface area contributed by atoms with Crippen LogP contribution in [0, 0.1) is 0 Å². The molecule has 2 aromatic rings. The Kier molecular flexibility index (Phi) is 5.65. The highest BCUT2D eigenvalue weighted by Crippen LogP contribution is 2.33. The van der Waals surface area contributed by atoms with Gasteiger partial charge < -0.3 is 14.6 Å². The summed E-state index contributed by atoms with van der Waals surface area (Å²) in [4.78, 5) is 29.1. The van der Waals surface area contributed by atoms with E-state index >= 15 is 0 Å². The first-order valence-corrected chi connectivity index (χ1v) is 8.82. The largest absolute Gasteiger partial charge is 0.546 e. The van der Waals surface area contributed by atoms with Gasteiger partial charge in [0.25, 0.3) is 5.91 Å². The number of benzene rings is 1. The molecule has 6 nitrogen and oxygen atoms in total. The number of carbonyl (C=O) groups excluding carboxylic acids is 2. The number of pyridine rings is 1. The van der Waals surface area contributed by atoms with Crippen LogP contribution in [-0.4, -0.2) is 32.7 Å². The number of amides is 1. The number of thiocarbonyl (C=S) groups is 1. The maximum absolute atomic E-state index is 12.6. The summed E-state index contributed by atoms with van der Waals surface area (Å²) in [6.07, 6.45) is 5.12. The first-order valence-electron chi connectivity index (χ1n) is 7.60. The zero-order chi connectivity index (χ0) is 18.5. The second-order valence-corrected chi connectivity index (χ2v) is 7.03. The predicted octanol–water partition coefficient (Wildman–Crippen LogP) is 1.61. The average Bonchev–Trinajstić information content (AvgIpc) is 2.89. The van der Waals surface area contributed by atoms with E-state index in [1.807, 2.05) is 12.1 Å². The molecule has 1 aliphatic heterocycles. The maximum atomic E-state index is 12.6. The first-order chi connectivity index (χ1) is 12.5. The van der Waals surface area contributed by atoms with Gasteiger partial charge in [0, 0.05) is 12.4 Å². The number of aliphatic carboxylic acids is 1. The van der Waals surface area contributed by atoms with E-state index in [9.17, 15) is 14.7 Å². The summed E-state index contributed by atoms with van der Waals surface area (Å²) >= 11 is 6.56. The minimum absolute atomic E-state index is 0.152. The smallest absolute Gasteiger partial charge is 0.266 e. The van der Waals surface area contributed by atoms with Gasteiger partial charge >= 0.3 is 0 Å². The Hall–Kier alpha value is -2.71. The third-order valence-electron chi connectivity index (χ3n) is 3.47. The van der Waals surface area contributed by atoms with Crippen molar-refractivity contribution in [3.8, 4) is 5.75 Å². The van der Waals surface area contributed by atoms with Crippen LogP contribution in [0.5, 0.6) is 5.75 Å². The van der Waals surface area contributed by atoms with Crippen molar-refractivity contribution in [2.45, 2.75) is 6.54 Å². The molecule has 0 radical (unpaired) electrons. The molecule has 8 heteroatoms. The lowest BCUT2D eigenvalue weighted by Gasteiger charge is -2.13. The monoisotopic (exact) mass is 385 g/mol. The Bertz CT molecular complexity index is 867. The lowest BCUT2D eigenvalue weighted by molar-refractivity contribution is -0.307. The molecule has 0 spiro atoms. The van der Waals surface area contributed by atoms with Crippen LogP contribution in [0.4, 0.5) is 0 Å². The summed E-state index contributed by atoms with van der Waals surface area (Å²) < 4.78 is 5.52. The van der Waals surface area contributed by atoms with Crippen molar-refractivity contribution >= 4 is 46.3 Å². The standard InChI is InChI=1S/C18H14N2O4S2/c21-16(22)11-24-14-5-3-12(4-6-14)8-15-17(23)20(18(25)26-15)10-13-2-1-7-19-9-13/h1-9H,10-11H2,(H,21,22)/p-1/b15-8-. The highest BCUT2D eigenvalue weighted by molar-refractivity contribution is 8.26. The molecule has 0 aliphatic carbocycles. The highest BCUT2D eigenvalue weighted by atomic mass is 32.2. The molecule has 0 bridgehead atoms. The molecule has 26 heavy (non-hydrogen) atoms. The fraction of sp³-hybridized carbons (Fsp3) is 0.111. The van der Waals surface area contributed by atoms with E-state index in [2.05, 4.69) is 4.98 Å². The molecule has 0 saturated carbocycles. The quantitative estimate of drug-likeness (QED) is 0.552. The number of hydrogen-bond acceptors (Lipinski definition) is 7. The van der Waals surface area contributed by atoms with E-state index in [0.29, 0.717) is 21.5 Å². The molecular formula is C18H13N2O4S2-. The van der Waals surface area contributed by atoms with Crippen LogP contribution in [0.3, 0.4) is 0 Å². The van der Waals surface area contributed by atoms with Crippen LogP contribution in [0.15, 0.2) is 53.7 Å². The number of carboxylic acids is 1. The minimum atomic E-state index is -1.29. The molecule has 1 aromatic carbocycles. The lowest BCUT2D eigenvalue weighted by atomic mass is 10.2. The Morgan fingerprint density at radius 2 is 2.08 bits per heavy atom. The summed E-state index contributed by atoms with van der Waals surface area (Å²) in [5.41, 5.74) is 1.69. The molecule has 0 N–H and O–H groups in total. The lowest BCUT2D eigenvalue weighted by Crippen LogP contribution is -2.28. The molecule has 0 atom stereocenters. The van der Waals surface area contributed by atoms with Crippen LogP contribution in [0.1, 0.15) is 11.1 Å². The van der Waals surface area contributed by atoms with Crippen molar-refractivity contribution < 1.29 is 19.4 Å². The zero-order valence-corrected chi connectivity index (χ0v) is 15.1. The van der Waals surface area contributed by atoms with E-state index in [1.54, 1.807) is 47.6 Å². The molecule has 1 amide bonds. The molecule has 0 unspecified atom stereocenters.